The van der Waals surface area contributed by atoms with Gasteiger partial charge in [0, 0.05) is 24.4 Å². The molecule has 112 valence electrons. The van der Waals surface area contributed by atoms with Crippen LogP contribution in [0.3, 0.4) is 0 Å². The van der Waals surface area contributed by atoms with Gasteiger partial charge in [0.1, 0.15) is 0 Å². The van der Waals surface area contributed by atoms with Crippen LogP contribution in [-0.4, -0.2) is 42.0 Å². The Labute approximate surface area is 125 Å². The van der Waals surface area contributed by atoms with Crippen LogP contribution in [0.25, 0.3) is 0 Å². The maximum Gasteiger partial charge on any atom is 0.227 e. The summed E-state index contributed by atoms with van der Waals surface area (Å²) in [6.07, 6.45) is 3.00. The van der Waals surface area contributed by atoms with E-state index < -0.39 is 0 Å². The van der Waals surface area contributed by atoms with E-state index in [1.165, 1.54) is 4.88 Å². The molecule has 2 heterocycles. The van der Waals surface area contributed by atoms with Crippen molar-refractivity contribution in [3.8, 4) is 0 Å². The van der Waals surface area contributed by atoms with Crippen molar-refractivity contribution in [1.82, 2.24) is 15.2 Å². The number of hydrogen-bond donors (Lipinski definition) is 1. The Kier molecular flexibility index (Phi) is 5.16. The first-order valence-electron chi connectivity index (χ1n) is 7.45. The predicted molar refractivity (Wildman–Crippen MR) is 83.0 cm³/mol. The second-order valence-electron chi connectivity index (χ2n) is 5.90. The fraction of sp³-hybridized carbons (Fsp3) is 0.733. The van der Waals surface area contributed by atoms with E-state index in [4.69, 9.17) is 0 Å². The second kappa shape index (κ2) is 6.68. The molecule has 0 unspecified atom stereocenters. The number of aromatic nitrogens is 1. The van der Waals surface area contributed by atoms with Gasteiger partial charge in [-0.25, -0.2) is 4.98 Å². The fourth-order valence-corrected chi connectivity index (χ4v) is 3.65. The molecular formula is C15H25N3OS. The van der Waals surface area contributed by atoms with E-state index in [9.17, 15) is 4.79 Å². The molecule has 1 fully saturated rings. The first-order valence-corrected chi connectivity index (χ1v) is 8.33. The molecule has 1 aromatic heterocycles. The number of carbonyl (C=O) groups is 1. The van der Waals surface area contributed by atoms with Gasteiger partial charge < -0.3 is 10.2 Å². The Hall–Kier alpha value is -0.940. The van der Waals surface area contributed by atoms with Crippen molar-refractivity contribution in [2.45, 2.75) is 40.0 Å². The molecule has 1 aliphatic rings. The molecule has 5 heteroatoms. The van der Waals surface area contributed by atoms with Crippen LogP contribution in [0, 0.1) is 12.3 Å². The van der Waals surface area contributed by atoms with Gasteiger partial charge in [-0.2, -0.15) is 0 Å². The van der Waals surface area contributed by atoms with E-state index in [0.717, 1.165) is 44.6 Å². The van der Waals surface area contributed by atoms with Crippen molar-refractivity contribution < 1.29 is 4.79 Å². The van der Waals surface area contributed by atoms with E-state index in [0.29, 0.717) is 6.54 Å². The third-order valence-electron chi connectivity index (χ3n) is 4.25. The van der Waals surface area contributed by atoms with Crippen LogP contribution in [0.4, 0.5) is 0 Å². The Morgan fingerprint density at radius 1 is 1.60 bits per heavy atom. The van der Waals surface area contributed by atoms with Crippen molar-refractivity contribution >= 4 is 17.2 Å². The van der Waals surface area contributed by atoms with Crippen LogP contribution in [0.5, 0.6) is 0 Å². The molecule has 2 rings (SSSR count). The van der Waals surface area contributed by atoms with E-state index >= 15 is 0 Å². The van der Waals surface area contributed by atoms with Crippen LogP contribution in [0.15, 0.2) is 5.51 Å². The summed E-state index contributed by atoms with van der Waals surface area (Å²) in [7, 11) is 0. The Morgan fingerprint density at radius 3 is 3.05 bits per heavy atom. The van der Waals surface area contributed by atoms with Gasteiger partial charge in [-0.3, -0.25) is 4.79 Å². The van der Waals surface area contributed by atoms with Gasteiger partial charge in [0.25, 0.3) is 0 Å². The molecular weight excluding hydrogens is 270 g/mol. The monoisotopic (exact) mass is 295 g/mol. The molecule has 0 saturated carbocycles. The maximum absolute atomic E-state index is 12.4. The summed E-state index contributed by atoms with van der Waals surface area (Å²) in [5, 5.41) is 3.12. The van der Waals surface area contributed by atoms with Gasteiger partial charge in [0.2, 0.25) is 5.91 Å². The first kappa shape index (κ1) is 15.4. The summed E-state index contributed by atoms with van der Waals surface area (Å²) in [6, 6.07) is 0. The topological polar surface area (TPSA) is 45.2 Å². The molecule has 1 amide bonds. The number of piperidine rings is 1. The lowest BCUT2D eigenvalue weighted by atomic mass is 9.81. The van der Waals surface area contributed by atoms with E-state index in [1.54, 1.807) is 11.3 Å². The third-order valence-corrected chi connectivity index (χ3v) is 5.25. The van der Waals surface area contributed by atoms with Crippen molar-refractivity contribution in [3.05, 3.63) is 16.1 Å². The predicted octanol–water partition coefficient (Wildman–Crippen LogP) is 2.23. The van der Waals surface area contributed by atoms with Gasteiger partial charge in [-0.05, 0) is 39.8 Å². The number of nitrogens with zero attached hydrogens (tertiary/aromatic N) is 2. The summed E-state index contributed by atoms with van der Waals surface area (Å²) >= 11 is 1.67. The van der Waals surface area contributed by atoms with Gasteiger partial charge in [0.15, 0.2) is 0 Å². The van der Waals surface area contributed by atoms with Crippen LogP contribution in [0.2, 0.25) is 0 Å². The third kappa shape index (κ3) is 3.58. The molecule has 0 aromatic carbocycles. The molecule has 4 nitrogen and oxygen atoms in total. The molecule has 1 aromatic rings. The highest BCUT2D eigenvalue weighted by atomic mass is 32.1. The average Bonchev–Trinajstić information content (AvgIpc) is 2.84. The van der Waals surface area contributed by atoms with Crippen LogP contribution in [0.1, 0.15) is 37.3 Å². The Balaban J connectivity index is 1.83. The Bertz CT molecular complexity index is 460. The summed E-state index contributed by atoms with van der Waals surface area (Å²) in [5.41, 5.74) is 2.73. The quantitative estimate of drug-likeness (QED) is 0.906. The number of aryl methyl sites for hydroxylation is 1. The van der Waals surface area contributed by atoms with Gasteiger partial charge in [-0.1, -0.05) is 6.92 Å². The minimum absolute atomic E-state index is 0.206. The van der Waals surface area contributed by atoms with Crippen molar-refractivity contribution in [2.75, 3.05) is 26.2 Å². The SMILES string of the molecule is CCN1CCC[C@@](C)(C(=O)NCCc2scnc2C)C1. The van der Waals surface area contributed by atoms with Gasteiger partial charge in [0.05, 0.1) is 16.6 Å². The molecule has 0 aliphatic carbocycles. The first-order chi connectivity index (χ1) is 9.55. The van der Waals surface area contributed by atoms with E-state index in [2.05, 4.69) is 29.0 Å². The molecule has 1 N–H and O–H groups in total. The highest BCUT2D eigenvalue weighted by molar-refractivity contribution is 7.09. The fourth-order valence-electron chi connectivity index (χ4n) is 2.87. The number of hydrogen-bond acceptors (Lipinski definition) is 4. The largest absolute Gasteiger partial charge is 0.355 e. The van der Waals surface area contributed by atoms with Gasteiger partial charge in [-0.15, -0.1) is 11.3 Å². The lowest BCUT2D eigenvalue weighted by molar-refractivity contribution is -0.133. The number of thiazole rings is 1. The average molecular weight is 295 g/mol. The smallest absolute Gasteiger partial charge is 0.227 e. The van der Waals surface area contributed by atoms with Crippen molar-refractivity contribution in [1.29, 1.82) is 0 Å². The number of carbonyl (C=O) groups excluding carboxylic acids is 1. The van der Waals surface area contributed by atoms with E-state index in [1.807, 2.05) is 12.4 Å². The number of likely N-dealkylation sites (tertiary alicyclic amines) is 1. The molecule has 0 bridgehead atoms. The maximum atomic E-state index is 12.4. The number of amides is 1. The van der Waals surface area contributed by atoms with Crippen molar-refractivity contribution in [3.63, 3.8) is 0 Å². The lowest BCUT2D eigenvalue weighted by Crippen LogP contribution is -2.50. The Morgan fingerprint density at radius 2 is 2.40 bits per heavy atom. The summed E-state index contributed by atoms with van der Waals surface area (Å²) in [6.45, 7) is 10.0. The minimum atomic E-state index is -0.225. The standard InChI is InChI=1S/C15H25N3OS/c1-4-18-9-5-7-15(3,10-18)14(19)16-8-6-13-12(2)17-11-20-13/h11H,4-10H2,1-3H3,(H,16,19)/t15-/m1/s1. The van der Waals surface area contributed by atoms with Crippen LogP contribution < -0.4 is 5.32 Å². The van der Waals surface area contributed by atoms with Crippen LogP contribution in [-0.2, 0) is 11.2 Å². The molecule has 20 heavy (non-hydrogen) atoms. The molecule has 0 spiro atoms. The molecule has 1 saturated heterocycles. The zero-order valence-corrected chi connectivity index (χ0v) is 13.6. The summed E-state index contributed by atoms with van der Waals surface area (Å²) < 4.78 is 0. The lowest BCUT2D eigenvalue weighted by Gasteiger charge is -2.38. The summed E-state index contributed by atoms with van der Waals surface area (Å²) in [5.74, 6) is 0.206. The highest BCUT2D eigenvalue weighted by Crippen LogP contribution is 2.29. The molecule has 1 atom stereocenters. The summed E-state index contributed by atoms with van der Waals surface area (Å²) in [4.78, 5) is 20.3. The van der Waals surface area contributed by atoms with E-state index in [-0.39, 0.29) is 11.3 Å². The molecule has 1 aliphatic heterocycles. The van der Waals surface area contributed by atoms with Crippen LogP contribution >= 0.6 is 11.3 Å². The minimum Gasteiger partial charge on any atom is -0.355 e. The molecule has 0 radical (unpaired) electrons. The zero-order valence-electron chi connectivity index (χ0n) is 12.7. The zero-order chi connectivity index (χ0) is 14.6. The van der Waals surface area contributed by atoms with Crippen molar-refractivity contribution in [2.24, 2.45) is 5.41 Å². The number of rotatable bonds is 5. The normalized spacial score (nSPS) is 23.8. The van der Waals surface area contributed by atoms with Gasteiger partial charge >= 0.3 is 0 Å². The highest BCUT2D eigenvalue weighted by Gasteiger charge is 2.36. The second-order valence-corrected chi connectivity index (χ2v) is 6.84. The number of nitrogens with one attached hydrogen (secondary N) is 1.